The van der Waals surface area contributed by atoms with Crippen LogP contribution in [0.5, 0.6) is 0 Å². The molecule has 3 aromatic carbocycles. The third-order valence-electron chi connectivity index (χ3n) is 14.3. The summed E-state index contributed by atoms with van der Waals surface area (Å²) in [5.41, 5.74) is 4.18. The highest BCUT2D eigenvalue weighted by Crippen LogP contribution is 2.70. The summed E-state index contributed by atoms with van der Waals surface area (Å²) in [6.45, 7) is 17.0. The summed E-state index contributed by atoms with van der Waals surface area (Å²) in [7, 11) is -12.7. The van der Waals surface area contributed by atoms with Gasteiger partial charge in [0, 0.05) is 50.2 Å². The van der Waals surface area contributed by atoms with Crippen molar-refractivity contribution in [2.24, 2.45) is 27.6 Å². The summed E-state index contributed by atoms with van der Waals surface area (Å²) in [5, 5.41) is 0.363. The van der Waals surface area contributed by atoms with Gasteiger partial charge in [-0.25, -0.2) is 64.0 Å². The van der Waals surface area contributed by atoms with Crippen LogP contribution in [0.1, 0.15) is 86.7 Å². The van der Waals surface area contributed by atoms with Gasteiger partial charge in [-0.15, -0.1) is 0 Å². The lowest BCUT2D eigenvalue weighted by Gasteiger charge is -2.37. The number of amidine groups is 2. The molecule has 4 heterocycles. The number of nitrogens with two attached hydrogens (primary N) is 1. The molecule has 3 N–H and O–H groups in total. The first-order valence-corrected chi connectivity index (χ1v) is 37.6. The van der Waals surface area contributed by atoms with Crippen LogP contribution >= 0.6 is 46.7 Å². The Morgan fingerprint density at radius 1 is 0.756 bits per heavy atom. The van der Waals surface area contributed by atoms with Crippen molar-refractivity contribution in [1.82, 2.24) is 24.8 Å². The molecular formula is C56H64Cl2F4N8O10S5Si. The second-order valence-electron chi connectivity index (χ2n) is 23.5. The first-order valence-electron chi connectivity index (χ1n) is 26.3. The molecule has 0 bridgehead atoms. The zero-order chi connectivity index (χ0) is 64.0. The van der Waals surface area contributed by atoms with E-state index in [1.807, 2.05) is 6.92 Å². The van der Waals surface area contributed by atoms with Crippen molar-refractivity contribution in [2.75, 3.05) is 25.8 Å². The number of ether oxygens (including phenoxy) is 2. The van der Waals surface area contributed by atoms with Gasteiger partial charge in [0.1, 0.15) is 53.8 Å². The fourth-order valence-electron chi connectivity index (χ4n) is 9.57. The molecule has 30 heteroatoms. The van der Waals surface area contributed by atoms with E-state index in [0.717, 1.165) is 47.6 Å². The van der Waals surface area contributed by atoms with Gasteiger partial charge in [-0.05, 0) is 120 Å². The number of aromatic nitrogens is 4. The molecule has 6 atom stereocenters. The quantitative estimate of drug-likeness (QED) is 0.0344. The second-order valence-corrected chi connectivity index (χ2v) is 39.0. The van der Waals surface area contributed by atoms with E-state index in [2.05, 4.69) is 44.6 Å². The summed E-state index contributed by atoms with van der Waals surface area (Å²) >= 11 is 13.4. The van der Waals surface area contributed by atoms with Gasteiger partial charge in [0.25, 0.3) is 10.1 Å². The van der Waals surface area contributed by atoms with Crippen LogP contribution in [0.25, 0.3) is 23.8 Å². The highest BCUT2D eigenvalue weighted by atomic mass is 35.5. The van der Waals surface area contributed by atoms with Gasteiger partial charge in [0.05, 0.1) is 40.8 Å². The number of sulfone groups is 2. The lowest BCUT2D eigenvalue weighted by Crippen LogP contribution is -2.47. The van der Waals surface area contributed by atoms with E-state index in [-0.39, 0.29) is 61.2 Å². The van der Waals surface area contributed by atoms with Crippen LogP contribution in [-0.4, -0.2) is 119 Å². The maximum atomic E-state index is 15.7. The molecule has 2 aliphatic heterocycles. The summed E-state index contributed by atoms with van der Waals surface area (Å²) in [5.74, 6) is -3.70. The maximum Gasteiger partial charge on any atom is 0.418 e. The van der Waals surface area contributed by atoms with E-state index in [1.54, 1.807) is 46.8 Å². The monoisotopic (exact) mass is 1340 g/mol. The van der Waals surface area contributed by atoms with Crippen LogP contribution < -0.4 is 5.73 Å². The van der Waals surface area contributed by atoms with Gasteiger partial charge in [-0.1, -0.05) is 96.2 Å². The lowest BCUT2D eigenvalue weighted by molar-refractivity contribution is 0.0110. The van der Waals surface area contributed by atoms with Gasteiger partial charge < -0.3 is 15.2 Å². The molecule has 2 aromatic heterocycles. The fourth-order valence-corrected chi connectivity index (χ4v) is 17.7. The number of aliphatic imine (C=N–C) groups is 2. The Morgan fingerprint density at radius 3 is 1.62 bits per heavy atom. The first kappa shape index (κ1) is 68.2. The van der Waals surface area contributed by atoms with E-state index in [4.69, 9.17) is 48.0 Å². The first-order chi connectivity index (χ1) is 39.6. The Hall–Kier alpha value is -5.30. The van der Waals surface area contributed by atoms with Gasteiger partial charge in [-0.3, -0.25) is 14.5 Å². The standard InChI is InChI=1S/C30H39ClF2N4O5S2Si.C19H17ClF2N4O2S2.C7H8O3S/c1-28(2,3)42-27(38)37(18-41-11-12-45(6,7)8)26-36-29(4,24-15-30(24,43-26)44(5,39)40)20-13-19(9-10-21(20)32)14-22(33)23-16-35-25(31)17-34-23;1-18(15-7-19(15,30(2,27)28)29-17(23)26-18)11-5-10(3-4-12(11)21)6-13(22)14-8-25-16(20)9-24-14;1-6-2-4-7(5-3-6)11(8,9)10/h9-10,13-14,16-17,24H,11-12,15,18H2,1-8H3;3-6,8-9,15H,7H2,1-2H3,(H2,23,26);2-5H,1H3,(H,8,9,10)/b22-14-;13-6-;/t24-,29+,30+;15-,18+,19+;/m00./s1. The Kier molecular flexibility index (Phi) is 20.1. The van der Waals surface area contributed by atoms with E-state index in [0.29, 0.717) is 24.2 Å². The van der Waals surface area contributed by atoms with Crippen molar-refractivity contribution in [3.63, 3.8) is 0 Å². The highest BCUT2D eigenvalue weighted by Gasteiger charge is 2.74. The van der Waals surface area contributed by atoms with Crippen molar-refractivity contribution in [3.8, 4) is 0 Å². The summed E-state index contributed by atoms with van der Waals surface area (Å²) in [6, 6.07) is 14.9. The molecule has 464 valence electrons. The number of fused-ring (bicyclic) bond motifs is 2. The Morgan fingerprint density at radius 2 is 1.21 bits per heavy atom. The van der Waals surface area contributed by atoms with E-state index < -0.39 is 104 Å². The second kappa shape index (κ2) is 25.3. The van der Waals surface area contributed by atoms with Crippen LogP contribution in [0.3, 0.4) is 0 Å². The predicted octanol–water partition coefficient (Wildman–Crippen LogP) is 12.4. The highest BCUT2D eigenvalue weighted by molar-refractivity contribution is 8.24. The van der Waals surface area contributed by atoms with Crippen LogP contribution in [-0.2, 0) is 50.3 Å². The van der Waals surface area contributed by atoms with E-state index in [1.165, 1.54) is 90.4 Å². The zero-order valence-corrected chi connectivity index (χ0v) is 55.2. The molecule has 9 rings (SSSR count). The lowest BCUT2D eigenvalue weighted by atomic mass is 9.86. The molecular weight excluding hydrogens is 1280 g/mol. The molecule has 0 unspecified atom stereocenters. The third-order valence-corrected chi connectivity index (χ3v) is 25.4. The van der Waals surface area contributed by atoms with Crippen molar-refractivity contribution in [3.05, 3.63) is 147 Å². The zero-order valence-electron chi connectivity index (χ0n) is 48.6. The molecule has 86 heavy (non-hydrogen) atoms. The van der Waals surface area contributed by atoms with Crippen molar-refractivity contribution >= 4 is 125 Å². The number of nitrogens with zero attached hydrogens (tertiary/aromatic N) is 7. The number of rotatable bonds is 14. The van der Waals surface area contributed by atoms with E-state index in [9.17, 15) is 38.8 Å². The molecule has 2 saturated carbocycles. The minimum absolute atomic E-state index is 0.0221. The third kappa shape index (κ3) is 15.7. The van der Waals surface area contributed by atoms with Gasteiger partial charge in [0.2, 0.25) is 0 Å². The summed E-state index contributed by atoms with van der Waals surface area (Å²) in [6.07, 6.45) is 9.14. The Balaban J connectivity index is 0.000000219. The summed E-state index contributed by atoms with van der Waals surface area (Å²) in [4.78, 5) is 39.3. The average molecular weight is 1340 g/mol. The number of hydrogen-bond donors (Lipinski definition) is 2. The molecule has 18 nitrogen and oxygen atoms in total. The minimum Gasteiger partial charge on any atom is -0.443 e. The largest absolute Gasteiger partial charge is 0.443 e. The number of benzene rings is 3. The van der Waals surface area contributed by atoms with Gasteiger partial charge in [-0.2, -0.15) is 8.42 Å². The average Bonchev–Trinajstić information content (AvgIpc) is 1.52. The number of carbonyl (C=O) groups excluding carboxylic acids is 1. The molecule has 1 amide bonds. The molecule has 0 saturated heterocycles. The minimum atomic E-state index is -4.02. The van der Waals surface area contributed by atoms with Crippen LogP contribution in [0.4, 0.5) is 22.4 Å². The molecule has 2 fully saturated rings. The molecule has 0 spiro atoms. The van der Waals surface area contributed by atoms with Crippen LogP contribution in [0.2, 0.25) is 36.0 Å². The van der Waals surface area contributed by atoms with Gasteiger partial charge in [0.15, 0.2) is 41.7 Å². The number of aryl methyl sites for hydroxylation is 1. The molecule has 4 aliphatic rings. The fraction of sp³-hybridized carbons (Fsp3) is 0.411. The number of amides is 1. The number of carbonyl (C=O) groups is 1. The topological polar surface area (TPSA) is 264 Å². The predicted molar refractivity (Wildman–Crippen MR) is 333 cm³/mol. The Labute approximate surface area is 517 Å². The molecule has 2 aliphatic carbocycles. The Bertz CT molecular complexity index is 3900. The maximum absolute atomic E-state index is 15.7. The smallest absolute Gasteiger partial charge is 0.418 e. The van der Waals surface area contributed by atoms with Crippen molar-refractivity contribution in [1.29, 1.82) is 0 Å². The van der Waals surface area contributed by atoms with Crippen LogP contribution in [0, 0.1) is 30.4 Å². The number of halogens is 6. The molecule has 5 aromatic rings. The SMILES string of the molecule is CC(C)(C)OC(=O)N(COCC[Si](C)(C)C)C1=N[C@](C)(c2cc(/C=C(\F)c3cnc(Cl)cn3)ccc2F)[C@@H]2C[C@]2(S(C)(=O)=O)S1.C[C@]1(c2cc(/C=C(\F)c3cnc(Cl)cn3)ccc2F)N=C(N)S[C@@]2(S(C)(=O)=O)C[C@H]21.Cc1ccc(S(=O)(=O)O)cc1. The van der Waals surface area contributed by atoms with Crippen molar-refractivity contribution < 1.29 is 61.6 Å². The number of thioether (sulfide) groups is 2. The summed E-state index contributed by atoms with van der Waals surface area (Å²) < 4.78 is 150. The van der Waals surface area contributed by atoms with Gasteiger partial charge >= 0.3 is 6.09 Å². The molecule has 0 radical (unpaired) electrons. The normalized spacial score (nSPS) is 23.8. The van der Waals surface area contributed by atoms with E-state index >= 15 is 8.78 Å². The van der Waals surface area contributed by atoms with Crippen molar-refractivity contribution in [2.45, 2.75) is 110 Å². The van der Waals surface area contributed by atoms with Crippen LogP contribution in [0.15, 0.2) is 100 Å². The number of hydrogen-bond acceptors (Lipinski definition) is 18.